The van der Waals surface area contributed by atoms with Crippen molar-refractivity contribution in [1.29, 1.82) is 0 Å². The Hall–Kier alpha value is -2.60. The number of benzene rings is 1. The lowest BCUT2D eigenvalue weighted by molar-refractivity contribution is 0.210. The van der Waals surface area contributed by atoms with Gasteiger partial charge >= 0.3 is 0 Å². The van der Waals surface area contributed by atoms with Gasteiger partial charge < -0.3 is 14.1 Å². The van der Waals surface area contributed by atoms with Crippen LogP contribution in [0.25, 0.3) is 16.9 Å². The summed E-state index contributed by atoms with van der Waals surface area (Å²) in [5, 5.41) is 4.36. The van der Waals surface area contributed by atoms with Gasteiger partial charge in [0.2, 0.25) is 5.88 Å². The molecule has 5 nitrogen and oxygen atoms in total. The molecule has 2 heterocycles. The van der Waals surface area contributed by atoms with Crippen LogP contribution in [0.1, 0.15) is 31.5 Å². The molecule has 0 atom stereocenters. The Morgan fingerprint density at radius 3 is 2.45 bits per heavy atom. The lowest BCUT2D eigenvalue weighted by atomic mass is 9.76. The molecule has 0 amide bonds. The van der Waals surface area contributed by atoms with E-state index in [1.165, 1.54) is 5.69 Å². The smallest absolute Gasteiger partial charge is 0.213 e. The second-order valence-electron chi connectivity index (χ2n) is 8.03. The average molecular weight is 454 g/mol. The Morgan fingerprint density at radius 2 is 1.83 bits per heavy atom. The molecule has 2 aromatic heterocycles. The molecule has 150 valence electrons. The van der Waals surface area contributed by atoms with Crippen molar-refractivity contribution < 1.29 is 9.57 Å². The topological polar surface area (TPSA) is 48.6 Å². The lowest BCUT2D eigenvalue weighted by Crippen LogP contribution is -2.28. The fourth-order valence-corrected chi connectivity index (χ4v) is 4.25. The Bertz CT molecular complexity index is 1050. The first-order chi connectivity index (χ1) is 13.9. The van der Waals surface area contributed by atoms with Crippen LogP contribution in [-0.4, -0.2) is 29.5 Å². The van der Waals surface area contributed by atoms with Crippen LogP contribution < -0.4 is 4.74 Å². The maximum absolute atomic E-state index is 5.25. The molecule has 0 bridgehead atoms. The summed E-state index contributed by atoms with van der Waals surface area (Å²) in [6.07, 6.45) is 3.67. The van der Waals surface area contributed by atoms with E-state index >= 15 is 0 Å². The zero-order valence-corrected chi connectivity index (χ0v) is 18.7. The molecule has 0 unspecified atom stereocenters. The Balaban J connectivity index is 1.97. The average Bonchev–Trinajstić information content (AvgIpc) is 3.07. The first kappa shape index (κ1) is 19.7. The van der Waals surface area contributed by atoms with Gasteiger partial charge in [0.1, 0.15) is 7.11 Å². The van der Waals surface area contributed by atoms with Crippen molar-refractivity contribution in [2.75, 3.05) is 14.2 Å². The number of aromatic nitrogens is 2. The van der Waals surface area contributed by atoms with Crippen molar-refractivity contribution in [2.24, 2.45) is 10.6 Å². The molecule has 6 heteroatoms. The quantitative estimate of drug-likeness (QED) is 0.480. The summed E-state index contributed by atoms with van der Waals surface area (Å²) in [7, 11) is 3.23. The molecule has 4 rings (SSSR count). The predicted molar refractivity (Wildman–Crippen MR) is 119 cm³/mol. The van der Waals surface area contributed by atoms with Crippen LogP contribution in [0.2, 0.25) is 0 Å². The van der Waals surface area contributed by atoms with Gasteiger partial charge in [-0.1, -0.05) is 47.1 Å². The molecular formula is C23H24BrN3O2. The fourth-order valence-electron chi connectivity index (χ4n) is 3.98. The van der Waals surface area contributed by atoms with E-state index in [9.17, 15) is 0 Å². The van der Waals surface area contributed by atoms with E-state index < -0.39 is 0 Å². The molecule has 0 saturated heterocycles. The van der Waals surface area contributed by atoms with Crippen LogP contribution in [0, 0.1) is 5.41 Å². The molecule has 0 N–H and O–H groups in total. The molecule has 1 aliphatic rings. The van der Waals surface area contributed by atoms with Gasteiger partial charge in [-0.3, -0.25) is 0 Å². The molecule has 0 radical (unpaired) electrons. The summed E-state index contributed by atoms with van der Waals surface area (Å²) >= 11 is 3.53. The number of nitrogens with zero attached hydrogens (tertiary/aromatic N) is 3. The third-order valence-electron chi connectivity index (χ3n) is 5.24. The highest BCUT2D eigenvalue weighted by molar-refractivity contribution is 9.10. The van der Waals surface area contributed by atoms with Crippen LogP contribution in [0.3, 0.4) is 0 Å². The summed E-state index contributed by atoms with van der Waals surface area (Å²) < 4.78 is 8.59. The second kappa shape index (κ2) is 7.67. The monoisotopic (exact) mass is 453 g/mol. The number of oxime groups is 1. The zero-order valence-electron chi connectivity index (χ0n) is 17.1. The molecule has 0 fully saturated rings. The van der Waals surface area contributed by atoms with E-state index in [1.807, 2.05) is 18.3 Å². The van der Waals surface area contributed by atoms with Crippen LogP contribution >= 0.6 is 15.9 Å². The highest BCUT2D eigenvalue weighted by atomic mass is 79.9. The minimum atomic E-state index is 0.0807. The number of pyridine rings is 1. The highest BCUT2D eigenvalue weighted by Crippen LogP contribution is 2.40. The van der Waals surface area contributed by atoms with E-state index in [2.05, 4.69) is 74.8 Å². The van der Waals surface area contributed by atoms with Crippen molar-refractivity contribution in [3.05, 3.63) is 64.4 Å². The first-order valence-electron chi connectivity index (χ1n) is 9.53. The normalized spacial score (nSPS) is 16.5. The molecule has 29 heavy (non-hydrogen) atoms. The number of rotatable bonds is 4. The third-order valence-corrected chi connectivity index (χ3v) is 5.76. The SMILES string of the molecule is CON=C1CC(C)(C)Cc2c1cc(-c1ccc(Br)cc1)n2-c1ccc(OC)nc1. The van der Waals surface area contributed by atoms with Crippen molar-refractivity contribution in [1.82, 2.24) is 9.55 Å². The minimum Gasteiger partial charge on any atom is -0.481 e. The van der Waals surface area contributed by atoms with Crippen LogP contribution in [-0.2, 0) is 11.3 Å². The summed E-state index contributed by atoms with van der Waals surface area (Å²) in [4.78, 5) is 9.62. The second-order valence-corrected chi connectivity index (χ2v) is 8.95. The van der Waals surface area contributed by atoms with Crippen molar-refractivity contribution >= 4 is 21.6 Å². The molecule has 0 spiro atoms. The first-order valence-corrected chi connectivity index (χ1v) is 10.3. The predicted octanol–water partition coefficient (Wildman–Crippen LogP) is 5.63. The minimum absolute atomic E-state index is 0.0807. The van der Waals surface area contributed by atoms with Crippen molar-refractivity contribution in [2.45, 2.75) is 26.7 Å². The summed E-state index contributed by atoms with van der Waals surface area (Å²) in [6, 6.07) is 14.5. The van der Waals surface area contributed by atoms with Gasteiger partial charge in [-0.25, -0.2) is 4.98 Å². The van der Waals surface area contributed by atoms with Gasteiger partial charge in [-0.05, 0) is 48.1 Å². The number of fused-ring (bicyclic) bond motifs is 1. The van der Waals surface area contributed by atoms with Gasteiger partial charge in [0.25, 0.3) is 0 Å². The van der Waals surface area contributed by atoms with Gasteiger partial charge in [0.05, 0.1) is 30.4 Å². The number of hydrogen-bond acceptors (Lipinski definition) is 4. The largest absolute Gasteiger partial charge is 0.481 e. The molecule has 0 saturated carbocycles. The van der Waals surface area contributed by atoms with Crippen molar-refractivity contribution in [3.63, 3.8) is 0 Å². The van der Waals surface area contributed by atoms with E-state index in [0.717, 1.165) is 45.5 Å². The highest BCUT2D eigenvalue weighted by Gasteiger charge is 2.34. The van der Waals surface area contributed by atoms with Crippen LogP contribution in [0.4, 0.5) is 0 Å². The maximum atomic E-state index is 5.25. The van der Waals surface area contributed by atoms with Crippen LogP contribution in [0.15, 0.2) is 58.3 Å². The number of halogens is 1. The molecule has 3 aromatic rings. The fraction of sp³-hybridized carbons (Fsp3) is 0.304. The summed E-state index contributed by atoms with van der Waals surface area (Å²) in [6.45, 7) is 4.54. The van der Waals surface area contributed by atoms with Crippen LogP contribution in [0.5, 0.6) is 5.88 Å². The Morgan fingerprint density at radius 1 is 1.07 bits per heavy atom. The molecule has 0 aliphatic heterocycles. The van der Waals surface area contributed by atoms with E-state index in [0.29, 0.717) is 5.88 Å². The lowest BCUT2D eigenvalue weighted by Gasteiger charge is -2.31. The van der Waals surface area contributed by atoms with Gasteiger partial charge in [-0.15, -0.1) is 0 Å². The Kier molecular flexibility index (Phi) is 5.21. The zero-order chi connectivity index (χ0) is 20.6. The van der Waals surface area contributed by atoms with Gasteiger partial charge in [0, 0.05) is 21.8 Å². The number of hydrogen-bond donors (Lipinski definition) is 0. The van der Waals surface area contributed by atoms with Crippen molar-refractivity contribution in [3.8, 4) is 22.8 Å². The number of methoxy groups -OCH3 is 1. The summed E-state index contributed by atoms with van der Waals surface area (Å²) in [5.41, 5.74) is 6.67. The van der Waals surface area contributed by atoms with Gasteiger partial charge in [-0.2, -0.15) is 0 Å². The number of ether oxygens (including phenoxy) is 1. The van der Waals surface area contributed by atoms with E-state index in [1.54, 1.807) is 14.2 Å². The molecule has 1 aromatic carbocycles. The Labute approximate surface area is 179 Å². The maximum Gasteiger partial charge on any atom is 0.213 e. The summed E-state index contributed by atoms with van der Waals surface area (Å²) in [5.74, 6) is 0.599. The standard InChI is InChI=1S/C23H24BrN3O2/c1-23(2)12-19(26-29-4)18-11-20(15-5-7-16(24)8-6-15)27(21(18)13-23)17-9-10-22(28-3)25-14-17/h5-11,14H,12-13H2,1-4H3. The van der Waals surface area contributed by atoms with E-state index in [4.69, 9.17) is 9.57 Å². The third kappa shape index (κ3) is 3.81. The van der Waals surface area contributed by atoms with Gasteiger partial charge in [0.15, 0.2) is 0 Å². The molecular weight excluding hydrogens is 430 g/mol. The van der Waals surface area contributed by atoms with E-state index in [-0.39, 0.29) is 5.41 Å². The molecule has 1 aliphatic carbocycles.